The Balaban J connectivity index is 2.17. The number of hydrogen-bond acceptors (Lipinski definition) is 3. The van der Waals surface area contributed by atoms with Gasteiger partial charge in [0.15, 0.2) is 0 Å². The summed E-state index contributed by atoms with van der Waals surface area (Å²) >= 11 is 0. The van der Waals surface area contributed by atoms with Crippen LogP contribution in [-0.2, 0) is 11.4 Å². The number of hydrogen-bond donors (Lipinski definition) is 3. The van der Waals surface area contributed by atoms with Gasteiger partial charge in [0.05, 0.1) is 6.61 Å². The quantitative estimate of drug-likeness (QED) is 0.790. The van der Waals surface area contributed by atoms with Crippen molar-refractivity contribution >= 4 is 17.3 Å². The van der Waals surface area contributed by atoms with E-state index in [1.807, 2.05) is 49.4 Å². The normalized spacial score (nSPS) is 11.8. The Morgan fingerprint density at radius 1 is 1.23 bits per heavy atom. The van der Waals surface area contributed by atoms with Crippen LogP contribution in [0.5, 0.6) is 0 Å². The van der Waals surface area contributed by atoms with Crippen molar-refractivity contribution in [3.63, 3.8) is 0 Å². The second kappa shape index (κ2) is 7.09. The van der Waals surface area contributed by atoms with E-state index in [4.69, 9.17) is 0 Å². The van der Waals surface area contributed by atoms with Gasteiger partial charge >= 0.3 is 0 Å². The fraction of sp³-hybridized carbons (Fsp3) is 0.278. The molecule has 1 amide bonds. The summed E-state index contributed by atoms with van der Waals surface area (Å²) in [4.78, 5) is 11.2. The molecule has 2 rings (SSSR count). The highest BCUT2D eigenvalue weighted by Gasteiger charge is 2.08. The monoisotopic (exact) mass is 298 g/mol. The molecule has 2 aromatic rings. The third-order valence-corrected chi connectivity index (χ3v) is 3.57. The summed E-state index contributed by atoms with van der Waals surface area (Å²) in [5.41, 5.74) is 4.78. The number of aliphatic hydroxyl groups excluding tert-OH is 1. The van der Waals surface area contributed by atoms with Crippen LogP contribution in [0.1, 0.15) is 36.6 Å². The largest absolute Gasteiger partial charge is 0.392 e. The molecule has 0 aliphatic heterocycles. The van der Waals surface area contributed by atoms with E-state index in [0.717, 1.165) is 28.1 Å². The van der Waals surface area contributed by atoms with Gasteiger partial charge in [0, 0.05) is 24.3 Å². The topological polar surface area (TPSA) is 61.4 Å². The molecular formula is C18H22N2O2. The first-order chi connectivity index (χ1) is 10.5. The minimum Gasteiger partial charge on any atom is -0.392 e. The minimum atomic E-state index is -0.0797. The average Bonchev–Trinajstić information content (AvgIpc) is 2.50. The van der Waals surface area contributed by atoms with Crippen LogP contribution in [-0.4, -0.2) is 11.0 Å². The standard InChI is InChI=1S/C18H22N2O2/c1-12-7-8-17(10-18(12)20-14(3)22)19-13(2)16-6-4-5-15(9-16)11-21/h4-10,13,19,21H,11H2,1-3H3,(H,20,22). The molecule has 0 aliphatic rings. The molecule has 4 nitrogen and oxygen atoms in total. The van der Waals surface area contributed by atoms with Gasteiger partial charge in [0.2, 0.25) is 5.91 Å². The molecular weight excluding hydrogens is 276 g/mol. The fourth-order valence-electron chi connectivity index (χ4n) is 2.33. The van der Waals surface area contributed by atoms with Gasteiger partial charge in [-0.15, -0.1) is 0 Å². The predicted octanol–water partition coefficient (Wildman–Crippen LogP) is 3.62. The molecule has 3 N–H and O–H groups in total. The van der Waals surface area contributed by atoms with Crippen molar-refractivity contribution in [2.45, 2.75) is 33.4 Å². The number of rotatable bonds is 5. The van der Waals surface area contributed by atoms with E-state index in [0.29, 0.717) is 0 Å². The molecule has 0 aliphatic carbocycles. The van der Waals surface area contributed by atoms with Crippen LogP contribution in [0.2, 0.25) is 0 Å². The van der Waals surface area contributed by atoms with Crippen molar-refractivity contribution in [3.05, 3.63) is 59.2 Å². The van der Waals surface area contributed by atoms with E-state index >= 15 is 0 Å². The van der Waals surface area contributed by atoms with Crippen molar-refractivity contribution < 1.29 is 9.90 Å². The van der Waals surface area contributed by atoms with Crippen molar-refractivity contribution in [2.24, 2.45) is 0 Å². The Labute approximate surface area is 131 Å². The van der Waals surface area contributed by atoms with Gasteiger partial charge in [0.25, 0.3) is 0 Å². The summed E-state index contributed by atoms with van der Waals surface area (Å²) in [6, 6.07) is 13.9. The molecule has 1 atom stereocenters. The Kier molecular flexibility index (Phi) is 5.17. The van der Waals surface area contributed by atoms with Crippen LogP contribution in [0.25, 0.3) is 0 Å². The molecule has 0 radical (unpaired) electrons. The summed E-state index contributed by atoms with van der Waals surface area (Å²) < 4.78 is 0. The summed E-state index contributed by atoms with van der Waals surface area (Å²) in [6.07, 6.45) is 0. The SMILES string of the molecule is CC(=O)Nc1cc(NC(C)c2cccc(CO)c2)ccc1C. The number of aryl methyl sites for hydroxylation is 1. The van der Waals surface area contributed by atoms with Gasteiger partial charge in [-0.1, -0.05) is 30.3 Å². The molecule has 116 valence electrons. The van der Waals surface area contributed by atoms with Crippen LogP contribution in [0.15, 0.2) is 42.5 Å². The highest BCUT2D eigenvalue weighted by molar-refractivity contribution is 5.90. The third-order valence-electron chi connectivity index (χ3n) is 3.57. The van der Waals surface area contributed by atoms with Crippen LogP contribution in [0.3, 0.4) is 0 Å². The van der Waals surface area contributed by atoms with Crippen LogP contribution >= 0.6 is 0 Å². The Morgan fingerprint density at radius 3 is 2.68 bits per heavy atom. The first kappa shape index (κ1) is 16.0. The van der Waals surface area contributed by atoms with Crippen molar-refractivity contribution in [1.82, 2.24) is 0 Å². The highest BCUT2D eigenvalue weighted by atomic mass is 16.3. The van der Waals surface area contributed by atoms with Gasteiger partial charge in [-0.2, -0.15) is 0 Å². The van der Waals surface area contributed by atoms with Gasteiger partial charge in [-0.05, 0) is 42.7 Å². The smallest absolute Gasteiger partial charge is 0.221 e. The fourth-order valence-corrected chi connectivity index (χ4v) is 2.33. The summed E-state index contributed by atoms with van der Waals surface area (Å²) in [7, 11) is 0. The maximum absolute atomic E-state index is 11.2. The third kappa shape index (κ3) is 4.09. The van der Waals surface area contributed by atoms with E-state index in [2.05, 4.69) is 17.6 Å². The number of benzene rings is 2. The molecule has 0 heterocycles. The molecule has 0 aromatic heterocycles. The van der Waals surface area contributed by atoms with E-state index < -0.39 is 0 Å². The lowest BCUT2D eigenvalue weighted by Crippen LogP contribution is -2.10. The average molecular weight is 298 g/mol. The van der Waals surface area contributed by atoms with Crippen molar-refractivity contribution in [1.29, 1.82) is 0 Å². The van der Waals surface area contributed by atoms with Gasteiger partial charge in [0.1, 0.15) is 0 Å². The van der Waals surface area contributed by atoms with E-state index in [1.165, 1.54) is 6.92 Å². The van der Waals surface area contributed by atoms with E-state index in [-0.39, 0.29) is 18.6 Å². The van der Waals surface area contributed by atoms with Crippen molar-refractivity contribution in [3.8, 4) is 0 Å². The molecule has 0 spiro atoms. The highest BCUT2D eigenvalue weighted by Crippen LogP contribution is 2.24. The van der Waals surface area contributed by atoms with Crippen LogP contribution < -0.4 is 10.6 Å². The lowest BCUT2D eigenvalue weighted by Gasteiger charge is -2.18. The Bertz CT molecular complexity index is 668. The molecule has 0 bridgehead atoms. The zero-order valence-electron chi connectivity index (χ0n) is 13.2. The second-order valence-electron chi connectivity index (χ2n) is 5.48. The Hall–Kier alpha value is -2.33. The van der Waals surface area contributed by atoms with Gasteiger partial charge < -0.3 is 15.7 Å². The minimum absolute atomic E-state index is 0.0395. The molecule has 0 saturated heterocycles. The number of nitrogens with one attached hydrogen (secondary N) is 2. The molecule has 0 fully saturated rings. The number of aliphatic hydroxyl groups is 1. The van der Waals surface area contributed by atoms with Crippen LogP contribution in [0, 0.1) is 6.92 Å². The van der Waals surface area contributed by atoms with E-state index in [9.17, 15) is 9.90 Å². The van der Waals surface area contributed by atoms with Crippen molar-refractivity contribution in [2.75, 3.05) is 10.6 Å². The number of amides is 1. The summed E-state index contributed by atoms with van der Waals surface area (Å²) in [6.45, 7) is 5.57. The van der Waals surface area contributed by atoms with Crippen LogP contribution in [0.4, 0.5) is 11.4 Å². The zero-order chi connectivity index (χ0) is 16.1. The number of carbonyl (C=O) groups is 1. The number of carbonyl (C=O) groups excluding carboxylic acids is 1. The zero-order valence-corrected chi connectivity index (χ0v) is 13.2. The molecule has 1 unspecified atom stereocenters. The molecule has 22 heavy (non-hydrogen) atoms. The summed E-state index contributed by atoms with van der Waals surface area (Å²) in [5, 5.41) is 15.5. The van der Waals surface area contributed by atoms with Gasteiger partial charge in [-0.3, -0.25) is 4.79 Å². The summed E-state index contributed by atoms with van der Waals surface area (Å²) in [5.74, 6) is -0.0797. The molecule has 4 heteroatoms. The molecule has 2 aromatic carbocycles. The van der Waals surface area contributed by atoms with Gasteiger partial charge in [-0.25, -0.2) is 0 Å². The lowest BCUT2D eigenvalue weighted by molar-refractivity contribution is -0.114. The predicted molar refractivity (Wildman–Crippen MR) is 89.9 cm³/mol. The maximum Gasteiger partial charge on any atom is 0.221 e. The maximum atomic E-state index is 11.2. The second-order valence-corrected chi connectivity index (χ2v) is 5.48. The lowest BCUT2D eigenvalue weighted by atomic mass is 10.0. The first-order valence-corrected chi connectivity index (χ1v) is 7.34. The molecule has 0 saturated carbocycles. The number of anilines is 2. The first-order valence-electron chi connectivity index (χ1n) is 7.34. The van der Waals surface area contributed by atoms with E-state index in [1.54, 1.807) is 0 Å². The Morgan fingerprint density at radius 2 is 2.00 bits per heavy atom.